The molecule has 0 radical (unpaired) electrons. The summed E-state index contributed by atoms with van der Waals surface area (Å²) < 4.78 is 2.18. The van der Waals surface area contributed by atoms with Crippen LogP contribution in [0.4, 0.5) is 5.69 Å². The number of rotatable bonds is 1. The Morgan fingerprint density at radius 1 is 1.67 bits per heavy atom. The lowest BCUT2D eigenvalue weighted by Crippen LogP contribution is -2.04. The zero-order valence-corrected chi connectivity index (χ0v) is 9.45. The zero-order valence-electron chi connectivity index (χ0n) is 7.86. The van der Waals surface area contributed by atoms with Gasteiger partial charge < -0.3 is 10.8 Å². The highest BCUT2D eigenvalue weighted by atomic mass is 79.9. The maximum absolute atomic E-state index is 11.0. The summed E-state index contributed by atoms with van der Waals surface area (Å²) >= 11 is 3.25. The highest BCUT2D eigenvalue weighted by Gasteiger charge is 2.16. The molecule has 0 aliphatic carbocycles. The minimum absolute atomic E-state index is 0.137. The number of pyridine rings is 1. The molecule has 6 heteroatoms. The number of hydrogen-bond acceptors (Lipinski definition) is 3. The van der Waals surface area contributed by atoms with Crippen molar-refractivity contribution >= 4 is 33.2 Å². The molecule has 2 aromatic rings. The van der Waals surface area contributed by atoms with Crippen molar-refractivity contribution in [2.24, 2.45) is 0 Å². The Morgan fingerprint density at radius 2 is 2.33 bits per heavy atom. The van der Waals surface area contributed by atoms with Crippen LogP contribution in [0.25, 0.3) is 5.65 Å². The van der Waals surface area contributed by atoms with Crippen LogP contribution in [0.3, 0.4) is 0 Å². The number of carboxylic acids is 1. The van der Waals surface area contributed by atoms with E-state index in [2.05, 4.69) is 20.9 Å². The van der Waals surface area contributed by atoms with E-state index < -0.39 is 5.97 Å². The molecule has 0 aliphatic heterocycles. The third kappa shape index (κ3) is 1.46. The van der Waals surface area contributed by atoms with Gasteiger partial charge in [0.25, 0.3) is 0 Å². The van der Waals surface area contributed by atoms with Crippen LogP contribution >= 0.6 is 15.9 Å². The molecule has 0 saturated heterocycles. The number of carbonyl (C=O) groups is 1. The van der Waals surface area contributed by atoms with Crippen molar-refractivity contribution in [2.45, 2.75) is 6.92 Å². The molecule has 0 aromatic carbocycles. The number of fused-ring (bicyclic) bond motifs is 1. The SMILES string of the molecule is Cc1nc2c(N)cc(Br)cn2c1C(=O)O. The largest absolute Gasteiger partial charge is 0.477 e. The van der Waals surface area contributed by atoms with Crippen molar-refractivity contribution in [2.75, 3.05) is 5.73 Å². The molecule has 0 amide bonds. The number of anilines is 1. The lowest BCUT2D eigenvalue weighted by molar-refractivity contribution is 0.0688. The van der Waals surface area contributed by atoms with Gasteiger partial charge in [-0.25, -0.2) is 9.78 Å². The van der Waals surface area contributed by atoms with Crippen LogP contribution in [0.15, 0.2) is 16.7 Å². The molecular weight excluding hydrogens is 262 g/mol. The minimum atomic E-state index is -1.02. The van der Waals surface area contributed by atoms with Gasteiger partial charge in [0.05, 0.1) is 11.4 Å². The van der Waals surface area contributed by atoms with E-state index in [4.69, 9.17) is 10.8 Å². The third-order valence-electron chi connectivity index (χ3n) is 2.09. The van der Waals surface area contributed by atoms with Gasteiger partial charge in [0.1, 0.15) is 0 Å². The monoisotopic (exact) mass is 269 g/mol. The number of halogens is 1. The second-order valence-corrected chi connectivity index (χ2v) is 4.07. The third-order valence-corrected chi connectivity index (χ3v) is 2.53. The van der Waals surface area contributed by atoms with E-state index in [1.165, 1.54) is 4.40 Å². The number of nitrogens with two attached hydrogens (primary N) is 1. The fraction of sp³-hybridized carbons (Fsp3) is 0.111. The van der Waals surface area contributed by atoms with Crippen LogP contribution in [0.2, 0.25) is 0 Å². The lowest BCUT2D eigenvalue weighted by atomic mass is 10.3. The molecule has 78 valence electrons. The topological polar surface area (TPSA) is 80.6 Å². The van der Waals surface area contributed by atoms with E-state index in [0.29, 0.717) is 21.5 Å². The molecule has 0 atom stereocenters. The van der Waals surface area contributed by atoms with Crippen LogP contribution < -0.4 is 5.73 Å². The predicted molar refractivity (Wildman–Crippen MR) is 59.0 cm³/mol. The smallest absolute Gasteiger partial charge is 0.354 e. The van der Waals surface area contributed by atoms with E-state index in [1.54, 1.807) is 19.2 Å². The van der Waals surface area contributed by atoms with Gasteiger partial charge in [-0.2, -0.15) is 0 Å². The van der Waals surface area contributed by atoms with Crippen molar-refractivity contribution in [1.29, 1.82) is 0 Å². The highest BCUT2D eigenvalue weighted by Crippen LogP contribution is 2.22. The highest BCUT2D eigenvalue weighted by molar-refractivity contribution is 9.10. The number of hydrogen-bond donors (Lipinski definition) is 2. The molecule has 0 aliphatic rings. The predicted octanol–water partition coefficient (Wildman–Crippen LogP) is 1.69. The summed E-state index contributed by atoms with van der Waals surface area (Å²) in [5.74, 6) is -1.02. The summed E-state index contributed by atoms with van der Waals surface area (Å²) in [6.07, 6.45) is 1.63. The number of aromatic carboxylic acids is 1. The van der Waals surface area contributed by atoms with E-state index in [1.807, 2.05) is 0 Å². The summed E-state index contributed by atoms with van der Waals surface area (Å²) in [5.41, 5.74) is 7.23. The van der Waals surface area contributed by atoms with Crippen molar-refractivity contribution in [3.8, 4) is 0 Å². The first-order chi connectivity index (χ1) is 7.00. The Kier molecular flexibility index (Phi) is 2.15. The number of aryl methyl sites for hydroxylation is 1. The van der Waals surface area contributed by atoms with Gasteiger partial charge in [-0.1, -0.05) is 0 Å². The van der Waals surface area contributed by atoms with Crippen LogP contribution in [-0.2, 0) is 0 Å². The second kappa shape index (κ2) is 3.23. The molecule has 5 nitrogen and oxygen atoms in total. The van der Waals surface area contributed by atoms with Gasteiger partial charge in [0.15, 0.2) is 11.3 Å². The van der Waals surface area contributed by atoms with Gasteiger partial charge in [0.2, 0.25) is 0 Å². The minimum Gasteiger partial charge on any atom is -0.477 e. The molecule has 0 unspecified atom stereocenters. The second-order valence-electron chi connectivity index (χ2n) is 3.16. The molecule has 2 rings (SSSR count). The molecule has 2 heterocycles. The molecular formula is C9H8BrN3O2. The molecule has 0 fully saturated rings. The average molecular weight is 270 g/mol. The summed E-state index contributed by atoms with van der Waals surface area (Å²) in [4.78, 5) is 15.1. The average Bonchev–Trinajstić information content (AvgIpc) is 2.41. The Labute approximate surface area is 93.7 Å². The normalized spacial score (nSPS) is 10.8. The van der Waals surface area contributed by atoms with E-state index >= 15 is 0 Å². The first-order valence-electron chi connectivity index (χ1n) is 4.17. The Hall–Kier alpha value is -1.56. The maximum Gasteiger partial charge on any atom is 0.354 e. The standard InChI is InChI=1S/C9H8BrN3O2/c1-4-7(9(14)15)13-3-5(10)2-6(11)8(13)12-4/h2-3H,11H2,1H3,(H,14,15). The molecule has 0 saturated carbocycles. The zero-order chi connectivity index (χ0) is 11.2. The number of imidazole rings is 1. The van der Waals surface area contributed by atoms with E-state index in [9.17, 15) is 4.79 Å². The van der Waals surface area contributed by atoms with Crippen LogP contribution in [0, 0.1) is 6.92 Å². The van der Waals surface area contributed by atoms with E-state index in [-0.39, 0.29) is 5.69 Å². The summed E-state index contributed by atoms with van der Waals surface area (Å²) in [6.45, 7) is 1.64. The Balaban J connectivity index is 2.93. The van der Waals surface area contributed by atoms with Crippen molar-refractivity contribution in [3.63, 3.8) is 0 Å². The number of nitrogens with zero attached hydrogens (tertiary/aromatic N) is 2. The fourth-order valence-corrected chi connectivity index (χ4v) is 1.96. The van der Waals surface area contributed by atoms with Gasteiger partial charge in [0, 0.05) is 10.7 Å². The number of carboxylic acid groups (broad SMARTS) is 1. The molecule has 0 bridgehead atoms. The van der Waals surface area contributed by atoms with Gasteiger partial charge in [-0.3, -0.25) is 4.40 Å². The van der Waals surface area contributed by atoms with Crippen molar-refractivity contribution < 1.29 is 9.90 Å². The molecule has 2 aromatic heterocycles. The molecule has 15 heavy (non-hydrogen) atoms. The molecule has 3 N–H and O–H groups in total. The Bertz CT molecular complexity index is 562. The van der Waals surface area contributed by atoms with Crippen molar-refractivity contribution in [3.05, 3.63) is 28.1 Å². The lowest BCUT2D eigenvalue weighted by Gasteiger charge is -2.01. The maximum atomic E-state index is 11.0. The molecule has 0 spiro atoms. The number of aromatic nitrogens is 2. The summed E-state index contributed by atoms with van der Waals surface area (Å²) in [6, 6.07) is 1.69. The van der Waals surface area contributed by atoms with E-state index in [0.717, 1.165) is 0 Å². The Morgan fingerprint density at radius 3 is 2.93 bits per heavy atom. The van der Waals surface area contributed by atoms with Gasteiger partial charge in [-0.15, -0.1) is 0 Å². The van der Waals surface area contributed by atoms with Crippen LogP contribution in [0.5, 0.6) is 0 Å². The first-order valence-corrected chi connectivity index (χ1v) is 4.97. The quantitative estimate of drug-likeness (QED) is 0.826. The first kappa shape index (κ1) is 9.97. The summed E-state index contributed by atoms with van der Waals surface area (Å²) in [5, 5.41) is 9.02. The van der Waals surface area contributed by atoms with Crippen molar-refractivity contribution in [1.82, 2.24) is 9.38 Å². The summed E-state index contributed by atoms with van der Waals surface area (Å²) in [7, 11) is 0. The van der Waals surface area contributed by atoms with Gasteiger partial charge >= 0.3 is 5.97 Å². The van der Waals surface area contributed by atoms with Crippen LogP contribution in [-0.4, -0.2) is 20.5 Å². The van der Waals surface area contributed by atoms with Crippen LogP contribution in [0.1, 0.15) is 16.2 Å². The van der Waals surface area contributed by atoms with Gasteiger partial charge in [-0.05, 0) is 28.9 Å². The fourth-order valence-electron chi connectivity index (χ4n) is 1.51. The number of nitrogen functional groups attached to an aromatic ring is 1.